The largest absolute Gasteiger partial charge is 0.376 e. The average molecular weight is 377 g/mol. The van der Waals surface area contributed by atoms with Crippen LogP contribution in [0.1, 0.15) is 37.7 Å². The summed E-state index contributed by atoms with van der Waals surface area (Å²) in [7, 11) is 0. The molecule has 2 aliphatic rings. The number of piperidine rings is 1. The highest BCUT2D eigenvalue weighted by Gasteiger charge is 2.34. The van der Waals surface area contributed by atoms with Gasteiger partial charge in [0.05, 0.1) is 36.4 Å². The van der Waals surface area contributed by atoms with E-state index >= 15 is 0 Å². The van der Waals surface area contributed by atoms with Crippen LogP contribution in [-0.2, 0) is 11.3 Å². The van der Waals surface area contributed by atoms with Crippen molar-refractivity contribution in [1.29, 1.82) is 0 Å². The van der Waals surface area contributed by atoms with Crippen molar-refractivity contribution in [2.75, 3.05) is 24.6 Å². The molecule has 0 aliphatic carbocycles. The number of aryl methyl sites for hydroxylation is 1. The van der Waals surface area contributed by atoms with Crippen LogP contribution < -0.4 is 4.90 Å². The Bertz CT molecular complexity index is 778. The zero-order valence-corrected chi connectivity index (χ0v) is 15.6. The lowest BCUT2D eigenvalue weighted by molar-refractivity contribution is -0.0220. The molecule has 2 aliphatic heterocycles. The number of pyridine rings is 1. The lowest BCUT2D eigenvalue weighted by Crippen LogP contribution is -2.39. The maximum absolute atomic E-state index is 13.4. The highest BCUT2D eigenvalue weighted by molar-refractivity contribution is 5.61. The number of halogens is 2. The first-order valence-electron chi connectivity index (χ1n) is 9.62. The van der Waals surface area contributed by atoms with Crippen molar-refractivity contribution in [3.8, 4) is 11.4 Å². The monoisotopic (exact) mass is 377 g/mol. The third-order valence-corrected chi connectivity index (χ3v) is 5.37. The third-order valence-electron chi connectivity index (χ3n) is 5.37. The smallest absolute Gasteiger partial charge is 0.251 e. The summed E-state index contributed by atoms with van der Waals surface area (Å²) >= 11 is 0. The molecule has 27 heavy (non-hydrogen) atoms. The highest BCUT2D eigenvalue weighted by atomic mass is 19.3. The number of anilines is 1. The standard InChI is InChI=1S/C19H25F2N5O/c1-14-10-15(25-7-5-19(20,21)6-8-25)11-22-18(14)17-13-26(24-23-17)12-16-4-2-3-9-27-16/h10-11,13,16H,2-9,12H2,1H3/t16-/m1/s1. The van der Waals surface area contributed by atoms with Crippen LogP contribution in [0.3, 0.4) is 0 Å². The van der Waals surface area contributed by atoms with Gasteiger partial charge in [-0.2, -0.15) is 0 Å². The Morgan fingerprint density at radius 1 is 1.26 bits per heavy atom. The van der Waals surface area contributed by atoms with E-state index in [-0.39, 0.29) is 18.9 Å². The molecule has 0 aromatic carbocycles. The fourth-order valence-corrected chi connectivity index (χ4v) is 3.75. The Morgan fingerprint density at radius 3 is 2.78 bits per heavy atom. The van der Waals surface area contributed by atoms with E-state index in [9.17, 15) is 8.78 Å². The van der Waals surface area contributed by atoms with Crippen molar-refractivity contribution in [2.24, 2.45) is 0 Å². The molecule has 2 saturated heterocycles. The van der Waals surface area contributed by atoms with Crippen LogP contribution in [0.5, 0.6) is 0 Å². The molecule has 1 atom stereocenters. The zero-order chi connectivity index (χ0) is 18.9. The van der Waals surface area contributed by atoms with Crippen LogP contribution in [0, 0.1) is 6.92 Å². The number of rotatable bonds is 4. The van der Waals surface area contributed by atoms with Crippen LogP contribution in [0.4, 0.5) is 14.5 Å². The van der Waals surface area contributed by atoms with Crippen LogP contribution in [0.25, 0.3) is 11.4 Å². The SMILES string of the molecule is Cc1cc(N2CCC(F)(F)CC2)cnc1-c1cn(C[C@H]2CCCCO2)nn1. The van der Waals surface area contributed by atoms with E-state index in [4.69, 9.17) is 4.74 Å². The Labute approximate surface area is 157 Å². The first kappa shape index (κ1) is 18.3. The van der Waals surface area contributed by atoms with Gasteiger partial charge in [-0.05, 0) is 37.8 Å². The maximum Gasteiger partial charge on any atom is 0.251 e. The first-order chi connectivity index (χ1) is 13.0. The molecule has 0 spiro atoms. The zero-order valence-electron chi connectivity index (χ0n) is 15.6. The number of ether oxygens (including phenoxy) is 1. The van der Waals surface area contributed by atoms with E-state index in [0.717, 1.165) is 42.1 Å². The van der Waals surface area contributed by atoms with Crippen molar-refractivity contribution >= 4 is 5.69 Å². The molecule has 2 aromatic rings. The molecule has 0 radical (unpaired) electrons. The van der Waals surface area contributed by atoms with Gasteiger partial charge in [-0.3, -0.25) is 4.98 Å². The predicted octanol–water partition coefficient (Wildman–Crippen LogP) is 3.45. The molecule has 0 amide bonds. The van der Waals surface area contributed by atoms with Gasteiger partial charge in [-0.1, -0.05) is 5.21 Å². The van der Waals surface area contributed by atoms with Crippen molar-refractivity contribution in [2.45, 2.75) is 57.6 Å². The summed E-state index contributed by atoms with van der Waals surface area (Å²) in [5.74, 6) is -2.54. The molecule has 6 nitrogen and oxygen atoms in total. The second-order valence-corrected chi connectivity index (χ2v) is 7.52. The van der Waals surface area contributed by atoms with Crippen molar-refractivity contribution < 1.29 is 13.5 Å². The van der Waals surface area contributed by atoms with Gasteiger partial charge in [0, 0.05) is 32.5 Å². The lowest BCUT2D eigenvalue weighted by atomic mass is 10.1. The molecule has 0 saturated carbocycles. The van der Waals surface area contributed by atoms with Crippen molar-refractivity contribution in [3.05, 3.63) is 24.0 Å². The number of hydrogen-bond acceptors (Lipinski definition) is 5. The fraction of sp³-hybridized carbons (Fsp3) is 0.632. The third kappa shape index (κ3) is 4.26. The number of nitrogens with zero attached hydrogens (tertiary/aromatic N) is 5. The summed E-state index contributed by atoms with van der Waals surface area (Å²) in [4.78, 5) is 6.51. The quantitative estimate of drug-likeness (QED) is 0.817. The Balaban J connectivity index is 1.45. The van der Waals surface area contributed by atoms with Crippen LogP contribution in [0.15, 0.2) is 18.5 Å². The van der Waals surface area contributed by atoms with Crippen molar-refractivity contribution in [3.63, 3.8) is 0 Å². The molecule has 4 rings (SSSR count). The number of hydrogen-bond donors (Lipinski definition) is 0. The molecule has 4 heterocycles. The Kier molecular flexibility index (Phi) is 5.08. The van der Waals surface area contributed by atoms with Gasteiger partial charge in [-0.25, -0.2) is 13.5 Å². The first-order valence-corrected chi connectivity index (χ1v) is 9.62. The van der Waals surface area contributed by atoms with E-state index in [1.807, 2.05) is 28.8 Å². The van der Waals surface area contributed by atoms with Gasteiger partial charge < -0.3 is 9.64 Å². The molecular formula is C19H25F2N5O. The molecule has 0 unspecified atom stereocenters. The minimum atomic E-state index is -2.54. The van der Waals surface area contributed by atoms with Crippen LogP contribution in [0.2, 0.25) is 0 Å². The highest BCUT2D eigenvalue weighted by Crippen LogP contribution is 2.31. The molecule has 0 N–H and O–H groups in total. The van der Waals surface area contributed by atoms with E-state index in [1.54, 1.807) is 6.20 Å². The van der Waals surface area contributed by atoms with Crippen LogP contribution >= 0.6 is 0 Å². The molecular weight excluding hydrogens is 352 g/mol. The second kappa shape index (κ2) is 7.50. The molecule has 2 aromatic heterocycles. The van der Waals surface area contributed by atoms with Gasteiger partial charge in [-0.15, -0.1) is 5.10 Å². The summed E-state index contributed by atoms with van der Waals surface area (Å²) in [6, 6.07) is 2.00. The van der Waals surface area contributed by atoms with Gasteiger partial charge in [0.2, 0.25) is 0 Å². The van der Waals surface area contributed by atoms with Gasteiger partial charge in [0.1, 0.15) is 5.69 Å². The summed E-state index contributed by atoms with van der Waals surface area (Å²) in [5.41, 5.74) is 3.34. The van der Waals surface area contributed by atoms with E-state index in [0.29, 0.717) is 19.6 Å². The summed E-state index contributed by atoms with van der Waals surface area (Å²) < 4.78 is 34.3. The molecule has 2 fully saturated rings. The van der Waals surface area contributed by atoms with Crippen LogP contribution in [-0.4, -0.2) is 51.7 Å². The normalized spacial score (nSPS) is 22.8. The second-order valence-electron chi connectivity index (χ2n) is 7.52. The Hall–Kier alpha value is -2.09. The van der Waals surface area contributed by atoms with E-state index in [1.165, 1.54) is 6.42 Å². The average Bonchev–Trinajstić information content (AvgIpc) is 3.10. The summed E-state index contributed by atoms with van der Waals surface area (Å²) in [6.45, 7) is 4.19. The minimum Gasteiger partial charge on any atom is -0.376 e. The van der Waals surface area contributed by atoms with E-state index < -0.39 is 5.92 Å². The molecule has 146 valence electrons. The molecule has 8 heteroatoms. The maximum atomic E-state index is 13.4. The Morgan fingerprint density at radius 2 is 2.07 bits per heavy atom. The van der Waals surface area contributed by atoms with E-state index in [2.05, 4.69) is 15.3 Å². The lowest BCUT2D eigenvalue weighted by Gasteiger charge is -2.33. The van der Waals surface area contributed by atoms with Gasteiger partial charge in [0.25, 0.3) is 5.92 Å². The van der Waals surface area contributed by atoms with Crippen molar-refractivity contribution in [1.82, 2.24) is 20.0 Å². The topological polar surface area (TPSA) is 56.1 Å². The molecule has 0 bridgehead atoms. The summed E-state index contributed by atoms with van der Waals surface area (Å²) in [5, 5.41) is 8.47. The predicted molar refractivity (Wildman–Crippen MR) is 98.0 cm³/mol. The number of alkyl halides is 2. The number of aromatic nitrogens is 4. The van der Waals surface area contributed by atoms with Gasteiger partial charge >= 0.3 is 0 Å². The minimum absolute atomic E-state index is 0.106. The summed E-state index contributed by atoms with van der Waals surface area (Å²) in [6.07, 6.45) is 7.00. The fourth-order valence-electron chi connectivity index (χ4n) is 3.75. The van der Waals surface area contributed by atoms with Gasteiger partial charge in [0.15, 0.2) is 0 Å².